The van der Waals surface area contributed by atoms with Crippen LogP contribution >= 0.6 is 15.9 Å². The zero-order valence-corrected chi connectivity index (χ0v) is 15.5. The number of benzene rings is 2. The molecule has 7 nitrogen and oxygen atoms in total. The van der Waals surface area contributed by atoms with Crippen molar-refractivity contribution in [3.05, 3.63) is 53.0 Å². The van der Waals surface area contributed by atoms with E-state index in [1.165, 1.54) is 14.1 Å². The van der Waals surface area contributed by atoms with Crippen molar-refractivity contribution in [3.63, 3.8) is 0 Å². The molecule has 2 aromatic carbocycles. The average molecular weight is 413 g/mol. The number of nitrogens with one attached hydrogen (secondary N) is 3. The summed E-state index contributed by atoms with van der Waals surface area (Å²) in [4.78, 5) is 12.2. The van der Waals surface area contributed by atoms with Crippen LogP contribution in [0, 0.1) is 0 Å². The molecule has 2 rings (SSSR count). The number of urea groups is 1. The van der Waals surface area contributed by atoms with Gasteiger partial charge in [-0.25, -0.2) is 4.79 Å². The Labute approximate surface area is 149 Å². The Hall–Kier alpha value is -2.10. The van der Waals surface area contributed by atoms with Gasteiger partial charge in [-0.1, -0.05) is 24.3 Å². The van der Waals surface area contributed by atoms with Crippen LogP contribution in [-0.4, -0.2) is 32.8 Å². The van der Waals surface area contributed by atoms with Gasteiger partial charge in [0.2, 0.25) is 0 Å². The summed E-state index contributed by atoms with van der Waals surface area (Å²) in [5.74, 6) is 0. The van der Waals surface area contributed by atoms with Gasteiger partial charge in [-0.15, -0.1) is 0 Å². The lowest BCUT2D eigenvalue weighted by Gasteiger charge is -2.17. The van der Waals surface area contributed by atoms with E-state index in [9.17, 15) is 13.2 Å². The summed E-state index contributed by atoms with van der Waals surface area (Å²) in [7, 11) is -0.842. The minimum absolute atomic E-state index is 0.272. The molecule has 3 N–H and O–H groups in total. The summed E-state index contributed by atoms with van der Waals surface area (Å²) in [6.07, 6.45) is 0. The van der Waals surface area contributed by atoms with E-state index < -0.39 is 16.2 Å². The minimum Gasteiger partial charge on any atom is -0.307 e. The fraction of sp³-hybridized carbons (Fsp3) is 0.133. The molecule has 0 spiro atoms. The second-order valence-electron chi connectivity index (χ2n) is 4.99. The Morgan fingerprint density at radius 3 is 2.00 bits per heavy atom. The molecule has 2 aromatic rings. The van der Waals surface area contributed by atoms with Gasteiger partial charge < -0.3 is 10.6 Å². The fourth-order valence-corrected chi connectivity index (χ4v) is 2.77. The molecule has 2 amide bonds. The summed E-state index contributed by atoms with van der Waals surface area (Å²) in [6.45, 7) is 0. The molecule has 0 aliphatic rings. The van der Waals surface area contributed by atoms with Crippen LogP contribution < -0.4 is 15.4 Å². The minimum atomic E-state index is -3.67. The number of carbonyl (C=O) groups excluding carboxylic acids is 1. The summed E-state index contributed by atoms with van der Waals surface area (Å²) in [6, 6.07) is 13.2. The first-order valence-electron chi connectivity index (χ1n) is 6.91. The maximum Gasteiger partial charge on any atom is 0.323 e. The molecule has 0 atom stereocenters. The van der Waals surface area contributed by atoms with Crippen molar-refractivity contribution in [2.24, 2.45) is 0 Å². The normalized spacial score (nSPS) is 11.2. The first-order chi connectivity index (χ1) is 11.3. The van der Waals surface area contributed by atoms with Crippen molar-refractivity contribution in [1.29, 1.82) is 0 Å². The van der Waals surface area contributed by atoms with Crippen molar-refractivity contribution in [1.82, 2.24) is 4.31 Å². The third-order valence-corrected chi connectivity index (χ3v) is 5.15. The van der Waals surface area contributed by atoms with E-state index in [0.717, 1.165) is 8.78 Å². The predicted molar refractivity (Wildman–Crippen MR) is 99.5 cm³/mol. The largest absolute Gasteiger partial charge is 0.323 e. The fourth-order valence-electron chi connectivity index (χ4n) is 1.75. The predicted octanol–water partition coefficient (Wildman–Crippen LogP) is 3.31. The van der Waals surface area contributed by atoms with Crippen molar-refractivity contribution >= 4 is 49.2 Å². The van der Waals surface area contributed by atoms with Crippen LogP contribution in [0.3, 0.4) is 0 Å². The average Bonchev–Trinajstić information content (AvgIpc) is 2.51. The van der Waals surface area contributed by atoms with Crippen LogP contribution in [0.15, 0.2) is 53.0 Å². The summed E-state index contributed by atoms with van der Waals surface area (Å²) in [5.41, 5.74) is 1.21. The maximum atomic E-state index is 12.2. The number of anilines is 3. The van der Waals surface area contributed by atoms with Gasteiger partial charge in [-0.2, -0.15) is 12.7 Å². The molecular formula is C15H17BrN4O3S. The highest BCUT2D eigenvalue weighted by Crippen LogP contribution is 2.24. The molecule has 9 heteroatoms. The summed E-state index contributed by atoms with van der Waals surface area (Å²) >= 11 is 3.34. The summed E-state index contributed by atoms with van der Waals surface area (Å²) in [5, 5.41) is 5.32. The highest BCUT2D eigenvalue weighted by Gasteiger charge is 2.16. The first kappa shape index (κ1) is 18.2. The molecule has 0 aromatic heterocycles. The van der Waals surface area contributed by atoms with Gasteiger partial charge in [0.1, 0.15) is 0 Å². The van der Waals surface area contributed by atoms with Gasteiger partial charge in [0.15, 0.2) is 0 Å². The number of para-hydroxylation sites is 3. The third-order valence-electron chi connectivity index (χ3n) is 3.02. The molecule has 0 heterocycles. The molecule has 0 unspecified atom stereocenters. The second kappa shape index (κ2) is 7.65. The molecule has 0 radical (unpaired) electrons. The monoisotopic (exact) mass is 412 g/mol. The molecular weight excluding hydrogens is 396 g/mol. The van der Waals surface area contributed by atoms with Crippen LogP contribution in [0.4, 0.5) is 21.9 Å². The maximum absolute atomic E-state index is 12.2. The Balaban J connectivity index is 2.16. The van der Waals surface area contributed by atoms with Crippen molar-refractivity contribution in [2.45, 2.75) is 0 Å². The van der Waals surface area contributed by atoms with Gasteiger partial charge >= 0.3 is 16.2 Å². The molecule has 0 aliphatic carbocycles. The lowest BCUT2D eigenvalue weighted by Crippen LogP contribution is -2.29. The molecule has 0 saturated carbocycles. The SMILES string of the molecule is CN(C)S(=O)(=O)Nc1ccccc1NC(=O)Nc1ccccc1Br. The van der Waals surface area contributed by atoms with E-state index in [2.05, 4.69) is 31.3 Å². The van der Waals surface area contributed by atoms with Crippen LogP contribution in [0.5, 0.6) is 0 Å². The van der Waals surface area contributed by atoms with Gasteiger partial charge in [-0.3, -0.25) is 4.72 Å². The van der Waals surface area contributed by atoms with Gasteiger partial charge in [0, 0.05) is 18.6 Å². The van der Waals surface area contributed by atoms with Gasteiger partial charge in [-0.05, 0) is 40.2 Å². The van der Waals surface area contributed by atoms with Crippen molar-refractivity contribution in [2.75, 3.05) is 29.5 Å². The van der Waals surface area contributed by atoms with Gasteiger partial charge in [0.05, 0.1) is 17.1 Å². The quantitative estimate of drug-likeness (QED) is 0.703. The Morgan fingerprint density at radius 2 is 1.42 bits per heavy atom. The second-order valence-corrected chi connectivity index (χ2v) is 7.73. The zero-order valence-electron chi connectivity index (χ0n) is 13.1. The molecule has 0 bridgehead atoms. The highest BCUT2D eigenvalue weighted by molar-refractivity contribution is 9.10. The third kappa shape index (κ3) is 4.70. The highest BCUT2D eigenvalue weighted by atomic mass is 79.9. The molecule has 0 aliphatic heterocycles. The number of rotatable bonds is 5. The lowest BCUT2D eigenvalue weighted by atomic mass is 10.3. The number of nitrogens with zero attached hydrogens (tertiary/aromatic N) is 1. The number of hydrogen-bond acceptors (Lipinski definition) is 3. The van der Waals surface area contributed by atoms with E-state index in [0.29, 0.717) is 11.4 Å². The van der Waals surface area contributed by atoms with Crippen LogP contribution in [0.1, 0.15) is 0 Å². The first-order valence-corrected chi connectivity index (χ1v) is 9.15. The van der Waals surface area contributed by atoms with Crippen molar-refractivity contribution in [3.8, 4) is 0 Å². The Kier molecular flexibility index (Phi) is 5.81. The number of amides is 2. The Morgan fingerprint density at radius 1 is 0.917 bits per heavy atom. The number of carbonyl (C=O) groups is 1. The molecule has 24 heavy (non-hydrogen) atoms. The van der Waals surface area contributed by atoms with Gasteiger partial charge in [0.25, 0.3) is 0 Å². The number of halogens is 1. The van der Waals surface area contributed by atoms with Crippen LogP contribution in [0.25, 0.3) is 0 Å². The topological polar surface area (TPSA) is 90.5 Å². The molecule has 128 valence electrons. The number of hydrogen-bond donors (Lipinski definition) is 3. The molecule has 0 fully saturated rings. The van der Waals surface area contributed by atoms with E-state index in [4.69, 9.17) is 0 Å². The standard InChI is InChI=1S/C15H17BrN4O3S/c1-20(2)24(22,23)19-14-10-6-5-9-13(14)18-15(21)17-12-8-4-3-7-11(12)16/h3-10,19H,1-2H3,(H2,17,18,21). The van der Waals surface area contributed by atoms with E-state index >= 15 is 0 Å². The Bertz CT molecular complexity index is 840. The lowest BCUT2D eigenvalue weighted by molar-refractivity contribution is 0.262. The van der Waals surface area contributed by atoms with Crippen LogP contribution in [-0.2, 0) is 10.2 Å². The van der Waals surface area contributed by atoms with E-state index in [1.807, 2.05) is 6.07 Å². The smallest absolute Gasteiger partial charge is 0.307 e. The van der Waals surface area contributed by atoms with E-state index in [1.54, 1.807) is 42.5 Å². The summed E-state index contributed by atoms with van der Waals surface area (Å²) < 4.78 is 28.1. The van der Waals surface area contributed by atoms with E-state index in [-0.39, 0.29) is 5.69 Å². The zero-order chi connectivity index (χ0) is 17.7. The van der Waals surface area contributed by atoms with Crippen molar-refractivity contribution < 1.29 is 13.2 Å². The van der Waals surface area contributed by atoms with Crippen LogP contribution in [0.2, 0.25) is 0 Å². The molecule has 0 saturated heterocycles.